The van der Waals surface area contributed by atoms with Crippen molar-refractivity contribution in [1.82, 2.24) is 9.97 Å². The summed E-state index contributed by atoms with van der Waals surface area (Å²) >= 11 is 1.60. The molecular formula is C11H16N2O2S. The molecule has 4 nitrogen and oxygen atoms in total. The summed E-state index contributed by atoms with van der Waals surface area (Å²) in [5, 5.41) is 0.792. The van der Waals surface area contributed by atoms with Crippen molar-refractivity contribution >= 4 is 17.7 Å². The maximum absolute atomic E-state index is 11.4. The summed E-state index contributed by atoms with van der Waals surface area (Å²) in [5.41, 5.74) is 0.307. The molecule has 88 valence electrons. The predicted octanol–water partition coefficient (Wildman–Crippen LogP) is 2.46. The summed E-state index contributed by atoms with van der Waals surface area (Å²) in [4.78, 5) is 19.7. The van der Waals surface area contributed by atoms with Crippen molar-refractivity contribution in [2.75, 3.05) is 7.11 Å². The zero-order valence-electron chi connectivity index (χ0n) is 10.2. The van der Waals surface area contributed by atoms with E-state index in [1.807, 2.05) is 0 Å². The molecule has 0 N–H and O–H groups in total. The van der Waals surface area contributed by atoms with Gasteiger partial charge in [0.1, 0.15) is 10.9 Å². The zero-order chi connectivity index (χ0) is 12.3. The Labute approximate surface area is 99.8 Å². The van der Waals surface area contributed by atoms with Gasteiger partial charge < -0.3 is 4.74 Å². The molecule has 0 atom stereocenters. The first kappa shape index (κ1) is 13.0. The summed E-state index contributed by atoms with van der Waals surface area (Å²) in [5.74, 6) is 0.149. The standard InChI is InChI=1S/C11H16N2O2S/c1-7-12-8(10(14)15-5)6-9(13-7)16-11(2,3)4/h6H,1-5H3. The number of hydrogen-bond acceptors (Lipinski definition) is 5. The minimum Gasteiger partial charge on any atom is -0.464 e. The first-order valence-corrected chi connectivity index (χ1v) is 5.76. The Bertz CT molecular complexity index is 399. The van der Waals surface area contributed by atoms with Gasteiger partial charge in [-0.3, -0.25) is 0 Å². The van der Waals surface area contributed by atoms with Crippen LogP contribution in [0.25, 0.3) is 0 Å². The Morgan fingerprint density at radius 2 is 2.00 bits per heavy atom. The van der Waals surface area contributed by atoms with Crippen molar-refractivity contribution in [2.45, 2.75) is 37.5 Å². The average molecular weight is 240 g/mol. The average Bonchev–Trinajstić information content (AvgIpc) is 2.12. The second-order valence-electron chi connectivity index (χ2n) is 4.34. The van der Waals surface area contributed by atoms with Gasteiger partial charge >= 0.3 is 5.97 Å². The number of esters is 1. The van der Waals surface area contributed by atoms with Gasteiger partial charge in [0.25, 0.3) is 0 Å². The molecule has 0 aromatic carbocycles. The van der Waals surface area contributed by atoms with Crippen LogP contribution in [-0.2, 0) is 4.74 Å². The van der Waals surface area contributed by atoms with Gasteiger partial charge in [0.15, 0.2) is 5.69 Å². The first-order chi connectivity index (χ1) is 7.31. The molecular weight excluding hydrogens is 224 g/mol. The summed E-state index contributed by atoms with van der Waals surface area (Å²) in [6.45, 7) is 8.03. The Morgan fingerprint density at radius 3 is 2.50 bits per heavy atom. The van der Waals surface area contributed by atoms with E-state index in [1.54, 1.807) is 24.8 Å². The minimum atomic E-state index is -0.429. The number of hydrogen-bond donors (Lipinski definition) is 0. The maximum Gasteiger partial charge on any atom is 0.356 e. The van der Waals surface area contributed by atoms with Crippen LogP contribution >= 0.6 is 11.8 Å². The van der Waals surface area contributed by atoms with Gasteiger partial charge in [0.2, 0.25) is 0 Å². The van der Waals surface area contributed by atoms with Gasteiger partial charge in [-0.1, -0.05) is 20.8 Å². The number of carbonyl (C=O) groups is 1. The number of ether oxygens (including phenoxy) is 1. The molecule has 1 heterocycles. The molecule has 0 bridgehead atoms. The second-order valence-corrected chi connectivity index (χ2v) is 6.19. The highest BCUT2D eigenvalue weighted by atomic mass is 32.2. The first-order valence-electron chi connectivity index (χ1n) is 4.95. The zero-order valence-corrected chi connectivity index (χ0v) is 11.0. The third kappa shape index (κ3) is 3.81. The van der Waals surface area contributed by atoms with Crippen molar-refractivity contribution < 1.29 is 9.53 Å². The normalized spacial score (nSPS) is 11.3. The quantitative estimate of drug-likeness (QED) is 0.451. The van der Waals surface area contributed by atoms with Crippen molar-refractivity contribution in [1.29, 1.82) is 0 Å². The van der Waals surface area contributed by atoms with Crippen LogP contribution in [0.1, 0.15) is 37.1 Å². The number of rotatable bonds is 2. The number of aromatic nitrogens is 2. The van der Waals surface area contributed by atoms with Gasteiger partial charge in [-0.05, 0) is 6.92 Å². The van der Waals surface area contributed by atoms with Gasteiger partial charge in [0.05, 0.1) is 7.11 Å². The lowest BCUT2D eigenvalue weighted by Crippen LogP contribution is -2.10. The number of carbonyl (C=O) groups excluding carboxylic acids is 1. The molecule has 0 aliphatic heterocycles. The summed E-state index contributed by atoms with van der Waals surface area (Å²) in [6, 6.07) is 1.66. The van der Waals surface area contributed by atoms with Crippen LogP contribution in [0.5, 0.6) is 0 Å². The molecule has 0 aliphatic carbocycles. The molecule has 1 rings (SSSR count). The number of methoxy groups -OCH3 is 1. The molecule has 16 heavy (non-hydrogen) atoms. The maximum atomic E-state index is 11.4. The van der Waals surface area contributed by atoms with Crippen LogP contribution in [0.15, 0.2) is 11.1 Å². The molecule has 0 aliphatic rings. The van der Waals surface area contributed by atoms with E-state index in [4.69, 9.17) is 0 Å². The van der Waals surface area contributed by atoms with Crippen LogP contribution in [0.2, 0.25) is 0 Å². The number of aryl methyl sites for hydroxylation is 1. The second kappa shape index (κ2) is 4.82. The molecule has 0 unspecified atom stereocenters. The lowest BCUT2D eigenvalue weighted by Gasteiger charge is -2.17. The van der Waals surface area contributed by atoms with Gasteiger partial charge in [-0.2, -0.15) is 0 Å². The van der Waals surface area contributed by atoms with Crippen molar-refractivity contribution in [3.8, 4) is 0 Å². The summed E-state index contributed by atoms with van der Waals surface area (Å²) in [6.07, 6.45) is 0. The van der Waals surface area contributed by atoms with Crippen LogP contribution in [0.4, 0.5) is 0 Å². The van der Waals surface area contributed by atoms with E-state index >= 15 is 0 Å². The van der Waals surface area contributed by atoms with E-state index in [2.05, 4.69) is 35.5 Å². The fourth-order valence-corrected chi connectivity index (χ4v) is 2.09. The molecule has 0 radical (unpaired) electrons. The fraction of sp³-hybridized carbons (Fsp3) is 0.545. The third-order valence-electron chi connectivity index (χ3n) is 1.62. The molecule has 0 amide bonds. The largest absolute Gasteiger partial charge is 0.464 e. The molecule has 5 heteroatoms. The van der Waals surface area contributed by atoms with Crippen molar-refractivity contribution in [2.24, 2.45) is 0 Å². The van der Waals surface area contributed by atoms with Gasteiger partial charge in [-0.25, -0.2) is 14.8 Å². The highest BCUT2D eigenvalue weighted by Crippen LogP contribution is 2.30. The molecule has 0 saturated carbocycles. The van der Waals surface area contributed by atoms with Crippen LogP contribution in [0.3, 0.4) is 0 Å². The van der Waals surface area contributed by atoms with Crippen LogP contribution < -0.4 is 0 Å². The smallest absolute Gasteiger partial charge is 0.356 e. The van der Waals surface area contributed by atoms with E-state index in [-0.39, 0.29) is 4.75 Å². The Balaban J connectivity index is 3.03. The van der Waals surface area contributed by atoms with Gasteiger partial charge in [0, 0.05) is 10.8 Å². The van der Waals surface area contributed by atoms with E-state index in [1.165, 1.54) is 7.11 Å². The lowest BCUT2D eigenvalue weighted by atomic mass is 10.3. The molecule has 0 fully saturated rings. The monoisotopic (exact) mass is 240 g/mol. The highest BCUT2D eigenvalue weighted by molar-refractivity contribution is 8.00. The molecule has 0 spiro atoms. The van der Waals surface area contributed by atoms with E-state index in [9.17, 15) is 4.79 Å². The lowest BCUT2D eigenvalue weighted by molar-refractivity contribution is 0.0593. The number of thioether (sulfide) groups is 1. The Kier molecular flexibility index (Phi) is 3.91. The topological polar surface area (TPSA) is 52.1 Å². The highest BCUT2D eigenvalue weighted by Gasteiger charge is 2.16. The van der Waals surface area contributed by atoms with Crippen molar-refractivity contribution in [3.05, 3.63) is 17.6 Å². The summed E-state index contributed by atoms with van der Waals surface area (Å²) in [7, 11) is 1.34. The van der Waals surface area contributed by atoms with Crippen molar-refractivity contribution in [3.63, 3.8) is 0 Å². The predicted molar refractivity (Wildman–Crippen MR) is 63.7 cm³/mol. The number of nitrogens with zero attached hydrogens (tertiary/aromatic N) is 2. The molecule has 0 saturated heterocycles. The fourth-order valence-electron chi connectivity index (χ4n) is 1.12. The molecule has 1 aromatic rings. The van der Waals surface area contributed by atoms with E-state index in [0.29, 0.717) is 11.5 Å². The van der Waals surface area contributed by atoms with Crippen LogP contribution in [0, 0.1) is 6.92 Å². The molecule has 1 aromatic heterocycles. The minimum absolute atomic E-state index is 0.0498. The third-order valence-corrected chi connectivity index (χ3v) is 2.65. The van der Waals surface area contributed by atoms with Crippen LogP contribution in [-0.4, -0.2) is 27.8 Å². The van der Waals surface area contributed by atoms with Gasteiger partial charge in [-0.15, -0.1) is 11.8 Å². The Morgan fingerprint density at radius 1 is 1.38 bits per heavy atom. The SMILES string of the molecule is COC(=O)c1cc(SC(C)(C)C)nc(C)n1. The summed E-state index contributed by atoms with van der Waals surface area (Å²) < 4.78 is 4.69. The van der Waals surface area contributed by atoms with E-state index < -0.39 is 5.97 Å². The van der Waals surface area contributed by atoms with E-state index in [0.717, 1.165) is 5.03 Å². The Hall–Kier alpha value is -1.10.